The number of nitrogens with zero attached hydrogens (tertiary/aromatic N) is 2. The van der Waals surface area contributed by atoms with Gasteiger partial charge in [-0.1, -0.05) is 26.0 Å². The zero-order chi connectivity index (χ0) is 26.2. The van der Waals surface area contributed by atoms with Gasteiger partial charge in [-0.05, 0) is 74.9 Å². The molecule has 37 heavy (non-hydrogen) atoms. The second kappa shape index (κ2) is 12.7. The lowest BCUT2D eigenvalue weighted by atomic mass is 10.0. The van der Waals surface area contributed by atoms with Gasteiger partial charge in [0.15, 0.2) is 0 Å². The molecule has 3 N–H and O–H groups in total. The molecule has 2 heterocycles. The van der Waals surface area contributed by atoms with Crippen molar-refractivity contribution in [3.05, 3.63) is 58.9 Å². The summed E-state index contributed by atoms with van der Waals surface area (Å²) < 4.78 is 6.18. The molecule has 0 aliphatic carbocycles. The molecule has 1 aliphatic rings. The molecule has 4 rings (SSSR count). The first-order valence-corrected chi connectivity index (χ1v) is 13.4. The first-order chi connectivity index (χ1) is 17.9. The Balaban J connectivity index is 1.56. The topological polar surface area (TPSA) is 99.3 Å². The summed E-state index contributed by atoms with van der Waals surface area (Å²) in [6.45, 7) is 9.46. The van der Waals surface area contributed by atoms with Gasteiger partial charge in [0.2, 0.25) is 5.91 Å². The lowest BCUT2D eigenvalue weighted by Gasteiger charge is -2.25. The van der Waals surface area contributed by atoms with E-state index in [9.17, 15) is 9.59 Å². The van der Waals surface area contributed by atoms with E-state index in [1.165, 1.54) is 0 Å². The minimum Gasteiger partial charge on any atom is -0.493 e. The first-order valence-electron chi connectivity index (χ1n) is 13.4. The maximum atomic E-state index is 13.4. The number of ether oxygens (including phenoxy) is 1. The van der Waals surface area contributed by atoms with Gasteiger partial charge in [0, 0.05) is 24.2 Å². The number of rotatable bonds is 6. The molecule has 8 heteroatoms. The van der Waals surface area contributed by atoms with E-state index in [1.54, 1.807) is 0 Å². The van der Waals surface area contributed by atoms with E-state index in [0.717, 1.165) is 54.4 Å². The summed E-state index contributed by atoms with van der Waals surface area (Å²) in [5.41, 5.74) is 4.36. The number of nitrogens with one attached hydrogen (secondary N) is 3. The molecule has 0 saturated carbocycles. The number of carbonyl (C=O) groups excluding carboxylic acids is 2. The van der Waals surface area contributed by atoms with Crippen LogP contribution < -0.4 is 15.4 Å². The fourth-order valence-electron chi connectivity index (χ4n) is 4.55. The van der Waals surface area contributed by atoms with E-state index < -0.39 is 0 Å². The number of imidazole rings is 1. The van der Waals surface area contributed by atoms with Crippen molar-refractivity contribution in [2.45, 2.75) is 59.5 Å². The Labute approximate surface area is 219 Å². The van der Waals surface area contributed by atoms with Gasteiger partial charge in [0.05, 0.1) is 30.7 Å². The van der Waals surface area contributed by atoms with E-state index >= 15 is 0 Å². The molecule has 1 aromatic heterocycles. The Morgan fingerprint density at radius 2 is 2.03 bits per heavy atom. The van der Waals surface area contributed by atoms with E-state index in [2.05, 4.69) is 39.3 Å². The molecule has 3 aromatic rings. The number of aromatic amines is 1. The summed E-state index contributed by atoms with van der Waals surface area (Å²) in [6, 6.07) is 11.7. The number of benzene rings is 2. The molecule has 8 nitrogen and oxygen atoms in total. The summed E-state index contributed by atoms with van der Waals surface area (Å²) in [5.74, 6) is 1.76. The molecule has 1 aliphatic heterocycles. The molecule has 0 unspecified atom stereocenters. The van der Waals surface area contributed by atoms with Gasteiger partial charge in [-0.2, -0.15) is 0 Å². The standard InChI is InChI=1S/C29H39N5O3/c1-20(2)12-14-34-18-23-22(8-7-9-26(23)37-15-6-4-5-13-30-28(35)19-34)29(36)31-17-27-32-24-11-10-21(3)16-25(24)33-27/h7-11,16,20H,4-6,12-15,17-19H2,1-3H3,(H,30,35)(H,31,36)(H,32,33). The van der Waals surface area contributed by atoms with Gasteiger partial charge in [0.1, 0.15) is 11.6 Å². The minimum atomic E-state index is -0.185. The molecule has 0 atom stereocenters. The third-order valence-electron chi connectivity index (χ3n) is 6.65. The molecule has 0 bridgehead atoms. The maximum absolute atomic E-state index is 13.4. The molecule has 198 valence electrons. The van der Waals surface area contributed by atoms with Crippen LogP contribution in [0.15, 0.2) is 36.4 Å². The number of H-pyrrole nitrogens is 1. The second-order valence-corrected chi connectivity index (χ2v) is 10.3. The third kappa shape index (κ3) is 7.55. The number of carbonyl (C=O) groups is 2. The number of amides is 2. The van der Waals surface area contributed by atoms with Crippen LogP contribution in [-0.2, 0) is 17.9 Å². The van der Waals surface area contributed by atoms with Crippen molar-refractivity contribution in [1.82, 2.24) is 25.5 Å². The van der Waals surface area contributed by atoms with Crippen molar-refractivity contribution in [3.8, 4) is 5.75 Å². The van der Waals surface area contributed by atoms with Crippen LogP contribution in [-0.4, -0.2) is 52.9 Å². The molecule has 2 aromatic carbocycles. The van der Waals surface area contributed by atoms with Crippen molar-refractivity contribution in [2.75, 3.05) is 26.2 Å². The van der Waals surface area contributed by atoms with Gasteiger partial charge in [-0.3, -0.25) is 14.5 Å². The van der Waals surface area contributed by atoms with Crippen molar-refractivity contribution < 1.29 is 14.3 Å². The average Bonchev–Trinajstić information content (AvgIpc) is 3.27. The van der Waals surface area contributed by atoms with Gasteiger partial charge >= 0.3 is 0 Å². The predicted molar refractivity (Wildman–Crippen MR) is 146 cm³/mol. The van der Waals surface area contributed by atoms with Crippen LogP contribution in [0.25, 0.3) is 11.0 Å². The van der Waals surface area contributed by atoms with E-state index in [0.29, 0.717) is 49.3 Å². The molecule has 0 radical (unpaired) electrons. The number of aryl methyl sites for hydroxylation is 1. The Morgan fingerprint density at radius 1 is 1.16 bits per heavy atom. The lowest BCUT2D eigenvalue weighted by Crippen LogP contribution is -2.38. The van der Waals surface area contributed by atoms with Crippen LogP contribution in [0.3, 0.4) is 0 Å². The molecule has 0 fully saturated rings. The average molecular weight is 506 g/mol. The summed E-state index contributed by atoms with van der Waals surface area (Å²) in [6.07, 6.45) is 3.76. The van der Waals surface area contributed by atoms with E-state index in [4.69, 9.17) is 4.74 Å². The highest BCUT2D eigenvalue weighted by Gasteiger charge is 2.21. The van der Waals surface area contributed by atoms with E-state index in [-0.39, 0.29) is 18.4 Å². The lowest BCUT2D eigenvalue weighted by molar-refractivity contribution is -0.122. The molecular formula is C29H39N5O3. The van der Waals surface area contributed by atoms with Gasteiger partial charge in [-0.25, -0.2) is 4.98 Å². The largest absolute Gasteiger partial charge is 0.493 e. The first kappa shape index (κ1) is 26.7. The zero-order valence-electron chi connectivity index (χ0n) is 22.2. The SMILES string of the molecule is Cc1ccc2nc(CNC(=O)c3cccc4c3CN(CCC(C)C)CC(=O)NCCCCCO4)[nH]c2c1. The highest BCUT2D eigenvalue weighted by Crippen LogP contribution is 2.26. The van der Waals surface area contributed by atoms with Crippen molar-refractivity contribution >= 4 is 22.8 Å². The number of hydrogen-bond donors (Lipinski definition) is 3. The van der Waals surface area contributed by atoms with Crippen LogP contribution in [0.5, 0.6) is 5.75 Å². The Bertz CT molecular complexity index is 1220. The Hall–Kier alpha value is -3.39. The number of aromatic nitrogens is 2. The Kier molecular flexibility index (Phi) is 9.17. The van der Waals surface area contributed by atoms with Crippen LogP contribution in [0.1, 0.15) is 66.8 Å². The van der Waals surface area contributed by atoms with Gasteiger partial charge in [-0.15, -0.1) is 0 Å². The van der Waals surface area contributed by atoms with Crippen molar-refractivity contribution in [2.24, 2.45) is 5.92 Å². The minimum absolute atomic E-state index is 0.0209. The highest BCUT2D eigenvalue weighted by molar-refractivity contribution is 5.96. The normalized spacial score (nSPS) is 15.7. The smallest absolute Gasteiger partial charge is 0.252 e. The molecular weight excluding hydrogens is 466 g/mol. The summed E-state index contributed by atoms with van der Waals surface area (Å²) in [5, 5.41) is 6.07. The molecule has 0 spiro atoms. The van der Waals surface area contributed by atoms with E-state index in [1.807, 2.05) is 43.3 Å². The Morgan fingerprint density at radius 3 is 2.86 bits per heavy atom. The van der Waals surface area contributed by atoms with Crippen LogP contribution >= 0.6 is 0 Å². The highest BCUT2D eigenvalue weighted by atomic mass is 16.5. The van der Waals surface area contributed by atoms with Crippen molar-refractivity contribution in [3.63, 3.8) is 0 Å². The fraction of sp³-hybridized carbons (Fsp3) is 0.483. The summed E-state index contributed by atoms with van der Waals surface area (Å²) in [4.78, 5) is 36.1. The van der Waals surface area contributed by atoms with Crippen LogP contribution in [0.2, 0.25) is 0 Å². The molecule has 2 amide bonds. The molecule has 0 saturated heterocycles. The third-order valence-corrected chi connectivity index (χ3v) is 6.65. The van der Waals surface area contributed by atoms with Gasteiger partial charge in [0.25, 0.3) is 5.91 Å². The predicted octanol–water partition coefficient (Wildman–Crippen LogP) is 4.33. The van der Waals surface area contributed by atoms with Crippen molar-refractivity contribution in [1.29, 1.82) is 0 Å². The fourth-order valence-corrected chi connectivity index (χ4v) is 4.55. The number of fused-ring (bicyclic) bond motifs is 2. The van der Waals surface area contributed by atoms with Gasteiger partial charge < -0.3 is 20.4 Å². The summed E-state index contributed by atoms with van der Waals surface area (Å²) >= 11 is 0. The van der Waals surface area contributed by atoms with Crippen LogP contribution in [0.4, 0.5) is 0 Å². The number of hydrogen-bond acceptors (Lipinski definition) is 5. The monoisotopic (exact) mass is 505 g/mol. The quantitative estimate of drug-likeness (QED) is 0.463. The second-order valence-electron chi connectivity index (χ2n) is 10.3. The van der Waals surface area contributed by atoms with Crippen LogP contribution in [0, 0.1) is 12.8 Å². The maximum Gasteiger partial charge on any atom is 0.252 e. The summed E-state index contributed by atoms with van der Waals surface area (Å²) in [7, 11) is 0. The zero-order valence-corrected chi connectivity index (χ0v) is 22.2.